The van der Waals surface area contributed by atoms with Gasteiger partial charge in [0, 0.05) is 42.8 Å². The topological polar surface area (TPSA) is 85.9 Å². The van der Waals surface area contributed by atoms with Crippen molar-refractivity contribution in [1.82, 2.24) is 19.8 Å². The van der Waals surface area contributed by atoms with Gasteiger partial charge in [0.25, 0.3) is 0 Å². The summed E-state index contributed by atoms with van der Waals surface area (Å²) in [5.74, 6) is 0.486. The van der Waals surface area contributed by atoms with Gasteiger partial charge < -0.3 is 30.1 Å². The smallest absolute Gasteiger partial charge is 0.419 e. The Balaban J connectivity index is 1.26. The lowest BCUT2D eigenvalue weighted by Crippen LogP contribution is -2.44. The zero-order valence-corrected chi connectivity index (χ0v) is 26.4. The van der Waals surface area contributed by atoms with E-state index in [-0.39, 0.29) is 30.4 Å². The van der Waals surface area contributed by atoms with Gasteiger partial charge in [-0.2, -0.15) is 13.2 Å². The molecule has 12 heteroatoms. The van der Waals surface area contributed by atoms with E-state index < -0.39 is 11.7 Å². The van der Waals surface area contributed by atoms with E-state index in [4.69, 9.17) is 4.74 Å². The number of hydrogen-bond acceptors (Lipinski definition) is 8. The standard InChI is InChI=1S/C33H42F3N7O2/c1-41(2)15-6-16-42(3)23-13-17-43(18-14-23)24-10-12-29(30(19-24)45-4)40-32-37-21-26(33(34,35)36)28(39-32)11-9-22-7-5-8-27-25(22)20-31(44)38-27/h5,7-8,10,12,19,21,23H,6,9,11,13-18,20H2,1-4H3,(H,38,44)(H,37,39,40). The highest BCUT2D eigenvalue weighted by Crippen LogP contribution is 2.35. The van der Waals surface area contributed by atoms with E-state index in [0.717, 1.165) is 68.5 Å². The predicted octanol–water partition coefficient (Wildman–Crippen LogP) is 5.38. The van der Waals surface area contributed by atoms with Crippen molar-refractivity contribution in [3.05, 3.63) is 65.0 Å². The quantitative estimate of drug-likeness (QED) is 0.278. The fraction of sp³-hybridized carbons (Fsp3) is 0.485. The van der Waals surface area contributed by atoms with Crippen LogP contribution in [0.2, 0.25) is 0 Å². The first-order chi connectivity index (χ1) is 21.5. The lowest BCUT2D eigenvalue weighted by Gasteiger charge is -2.38. The number of ether oxygens (including phenoxy) is 1. The van der Waals surface area contributed by atoms with Crippen LogP contribution in [0.3, 0.4) is 0 Å². The third kappa shape index (κ3) is 8.04. The lowest BCUT2D eigenvalue weighted by molar-refractivity contribution is -0.138. The molecule has 9 nitrogen and oxygen atoms in total. The Kier molecular flexibility index (Phi) is 10.1. The Morgan fingerprint density at radius 3 is 2.58 bits per heavy atom. The molecule has 5 rings (SSSR count). The molecule has 3 heterocycles. The number of fused-ring (bicyclic) bond motifs is 1. The fourth-order valence-corrected chi connectivity index (χ4v) is 6.19. The summed E-state index contributed by atoms with van der Waals surface area (Å²) in [5.41, 5.74) is 2.97. The number of methoxy groups -OCH3 is 1. The summed E-state index contributed by atoms with van der Waals surface area (Å²) in [5, 5.41) is 5.86. The first-order valence-electron chi connectivity index (χ1n) is 15.4. The molecule has 0 radical (unpaired) electrons. The minimum absolute atomic E-state index is 0.0353. The van der Waals surface area contributed by atoms with Gasteiger partial charge in [0.1, 0.15) is 5.75 Å². The molecule has 2 aliphatic heterocycles. The molecule has 0 spiro atoms. The van der Waals surface area contributed by atoms with Gasteiger partial charge in [-0.25, -0.2) is 9.97 Å². The molecule has 0 bridgehead atoms. The van der Waals surface area contributed by atoms with Crippen LogP contribution in [-0.4, -0.2) is 86.1 Å². The molecule has 0 atom stereocenters. The Morgan fingerprint density at radius 1 is 1.09 bits per heavy atom. The molecule has 0 aliphatic carbocycles. The van der Waals surface area contributed by atoms with E-state index in [1.807, 2.05) is 24.3 Å². The number of hydrogen-bond donors (Lipinski definition) is 2. The second-order valence-electron chi connectivity index (χ2n) is 12.1. The molecular weight excluding hydrogens is 583 g/mol. The Hall–Kier alpha value is -3.90. The van der Waals surface area contributed by atoms with Gasteiger partial charge in [-0.05, 0) is 95.7 Å². The average molecular weight is 626 g/mol. The molecule has 2 aromatic carbocycles. The minimum Gasteiger partial charge on any atom is -0.494 e. The van der Waals surface area contributed by atoms with Crippen LogP contribution in [-0.2, 0) is 30.2 Å². The number of amides is 1. The largest absolute Gasteiger partial charge is 0.494 e. The number of nitrogens with zero attached hydrogens (tertiary/aromatic N) is 5. The molecule has 1 fully saturated rings. The zero-order valence-electron chi connectivity index (χ0n) is 26.4. The van der Waals surface area contributed by atoms with E-state index >= 15 is 0 Å². The van der Waals surface area contributed by atoms with Crippen LogP contribution < -0.4 is 20.3 Å². The van der Waals surface area contributed by atoms with Crippen molar-refractivity contribution < 1.29 is 22.7 Å². The van der Waals surface area contributed by atoms with E-state index in [9.17, 15) is 18.0 Å². The van der Waals surface area contributed by atoms with Crippen molar-refractivity contribution in [2.75, 3.05) is 70.0 Å². The summed E-state index contributed by atoms with van der Waals surface area (Å²) in [6, 6.07) is 11.8. The fourth-order valence-electron chi connectivity index (χ4n) is 6.19. The van der Waals surface area contributed by atoms with Crippen LogP contribution in [0, 0.1) is 0 Å². The first kappa shape index (κ1) is 32.5. The van der Waals surface area contributed by atoms with Crippen LogP contribution in [0.1, 0.15) is 41.6 Å². The molecule has 1 aromatic heterocycles. The van der Waals surface area contributed by atoms with Crippen molar-refractivity contribution in [2.24, 2.45) is 0 Å². The molecule has 1 amide bonds. The highest BCUT2D eigenvalue weighted by Gasteiger charge is 2.35. The maximum absolute atomic E-state index is 13.9. The number of alkyl halides is 3. The van der Waals surface area contributed by atoms with Gasteiger partial charge in [-0.15, -0.1) is 0 Å². The molecule has 1 saturated heterocycles. The van der Waals surface area contributed by atoms with Gasteiger partial charge in [-0.3, -0.25) is 4.79 Å². The van der Waals surface area contributed by atoms with Gasteiger partial charge in [0.15, 0.2) is 0 Å². The maximum Gasteiger partial charge on any atom is 0.419 e. The number of halogens is 3. The van der Waals surface area contributed by atoms with Crippen LogP contribution >= 0.6 is 0 Å². The summed E-state index contributed by atoms with van der Waals surface area (Å²) < 4.78 is 47.4. The van der Waals surface area contributed by atoms with Gasteiger partial charge in [-0.1, -0.05) is 12.1 Å². The molecule has 45 heavy (non-hydrogen) atoms. The minimum atomic E-state index is -4.60. The molecule has 2 N–H and O–H groups in total. The number of piperidine rings is 1. The van der Waals surface area contributed by atoms with Crippen molar-refractivity contribution >= 4 is 28.9 Å². The number of anilines is 4. The number of aryl methyl sites for hydroxylation is 2. The summed E-state index contributed by atoms with van der Waals surface area (Å²) in [4.78, 5) is 27.2. The lowest BCUT2D eigenvalue weighted by atomic mass is 9.98. The third-order valence-electron chi connectivity index (χ3n) is 8.69. The summed E-state index contributed by atoms with van der Waals surface area (Å²) in [7, 11) is 7.97. The summed E-state index contributed by atoms with van der Waals surface area (Å²) in [6.45, 7) is 4.02. The number of carbonyl (C=O) groups is 1. The highest BCUT2D eigenvalue weighted by atomic mass is 19.4. The van der Waals surface area contributed by atoms with Crippen molar-refractivity contribution in [3.63, 3.8) is 0 Å². The maximum atomic E-state index is 13.9. The van der Waals surface area contributed by atoms with Gasteiger partial charge in [0.2, 0.25) is 11.9 Å². The summed E-state index contributed by atoms with van der Waals surface area (Å²) in [6.07, 6.45) is 0.0742. The van der Waals surface area contributed by atoms with Gasteiger partial charge >= 0.3 is 6.18 Å². The van der Waals surface area contributed by atoms with Crippen LogP contribution in [0.25, 0.3) is 0 Å². The third-order valence-corrected chi connectivity index (χ3v) is 8.69. The second kappa shape index (κ2) is 14.0. The van der Waals surface area contributed by atoms with E-state index in [1.165, 1.54) is 0 Å². The number of rotatable bonds is 12. The van der Waals surface area contributed by atoms with Crippen molar-refractivity contribution in [2.45, 2.75) is 50.7 Å². The molecular formula is C33H42F3N7O2. The highest BCUT2D eigenvalue weighted by molar-refractivity contribution is 5.99. The van der Waals surface area contributed by atoms with E-state index in [2.05, 4.69) is 56.4 Å². The average Bonchev–Trinajstić information content (AvgIpc) is 3.40. The second-order valence-corrected chi connectivity index (χ2v) is 12.1. The molecule has 0 saturated carbocycles. The number of carbonyl (C=O) groups excluding carboxylic acids is 1. The first-order valence-corrected chi connectivity index (χ1v) is 15.4. The molecule has 3 aromatic rings. The van der Waals surface area contributed by atoms with Crippen LogP contribution in [0.15, 0.2) is 42.6 Å². The zero-order chi connectivity index (χ0) is 32.1. The number of aromatic nitrogens is 2. The van der Waals surface area contributed by atoms with Gasteiger partial charge in [0.05, 0.1) is 30.5 Å². The Labute approximate surface area is 262 Å². The van der Waals surface area contributed by atoms with E-state index in [0.29, 0.717) is 29.6 Å². The van der Waals surface area contributed by atoms with Crippen molar-refractivity contribution in [3.8, 4) is 5.75 Å². The molecule has 2 aliphatic rings. The monoisotopic (exact) mass is 625 g/mol. The Bertz CT molecular complexity index is 1490. The Morgan fingerprint density at radius 2 is 1.87 bits per heavy atom. The predicted molar refractivity (Wildman–Crippen MR) is 171 cm³/mol. The normalized spacial score (nSPS) is 15.5. The molecule has 0 unspecified atom stereocenters. The van der Waals surface area contributed by atoms with Crippen LogP contribution in [0.5, 0.6) is 5.75 Å². The number of benzene rings is 2. The van der Waals surface area contributed by atoms with Crippen molar-refractivity contribution in [1.29, 1.82) is 0 Å². The SMILES string of the molecule is COc1cc(N2CCC(N(C)CCCN(C)C)CC2)ccc1Nc1ncc(C(F)(F)F)c(CCc2cccc3c2CC(=O)N3)n1. The summed E-state index contributed by atoms with van der Waals surface area (Å²) >= 11 is 0. The van der Waals surface area contributed by atoms with Crippen LogP contribution in [0.4, 0.5) is 36.2 Å². The number of nitrogens with one attached hydrogen (secondary N) is 2. The van der Waals surface area contributed by atoms with E-state index in [1.54, 1.807) is 19.2 Å². The molecule has 242 valence electrons.